The number of aromatic nitrogens is 3. The molecule has 1 saturated carbocycles. The van der Waals surface area contributed by atoms with Crippen molar-refractivity contribution < 1.29 is 9.90 Å². The van der Waals surface area contributed by atoms with Crippen LogP contribution in [0.25, 0.3) is 5.65 Å². The van der Waals surface area contributed by atoms with E-state index in [1.807, 2.05) is 0 Å². The normalized spacial score (nSPS) is 18.0. The second-order valence-electron chi connectivity index (χ2n) is 4.67. The highest BCUT2D eigenvalue weighted by atomic mass is 16.4. The lowest BCUT2D eigenvalue weighted by Crippen LogP contribution is -2.43. The van der Waals surface area contributed by atoms with Gasteiger partial charge in [0.2, 0.25) is 0 Å². The molecule has 2 N–H and O–H groups in total. The summed E-state index contributed by atoms with van der Waals surface area (Å²) in [6.45, 7) is 0. The molecule has 94 valence electrons. The van der Waals surface area contributed by atoms with Crippen LogP contribution in [0.4, 0.5) is 5.82 Å². The monoisotopic (exact) mass is 246 g/mol. The van der Waals surface area contributed by atoms with Crippen molar-refractivity contribution in [1.82, 2.24) is 14.6 Å². The zero-order valence-electron chi connectivity index (χ0n) is 9.83. The molecular formula is C12H14N4O2. The number of hydrogen-bond acceptors (Lipinski definition) is 4. The van der Waals surface area contributed by atoms with Crippen molar-refractivity contribution in [2.24, 2.45) is 0 Å². The first-order chi connectivity index (χ1) is 8.70. The average Bonchev–Trinajstić information content (AvgIpc) is 2.97. The van der Waals surface area contributed by atoms with Gasteiger partial charge in [-0.3, -0.25) is 0 Å². The Morgan fingerprint density at radius 3 is 2.89 bits per heavy atom. The lowest BCUT2D eigenvalue weighted by Gasteiger charge is -2.25. The smallest absolute Gasteiger partial charge is 0.329 e. The average molecular weight is 246 g/mol. The first-order valence-electron chi connectivity index (χ1n) is 6.02. The topological polar surface area (TPSA) is 79.5 Å². The third-order valence-corrected chi connectivity index (χ3v) is 3.49. The van der Waals surface area contributed by atoms with Gasteiger partial charge < -0.3 is 10.4 Å². The standard InChI is InChI=1S/C12H14N4O2/c17-11(18)12(5-1-2-6-12)15-9-4-8-16-10(14-9)3-7-13-16/h3-4,7-8H,1-2,5-6H2,(H,14,15)(H,17,18). The molecule has 0 radical (unpaired) electrons. The van der Waals surface area contributed by atoms with Crippen LogP contribution in [0.5, 0.6) is 0 Å². The first kappa shape index (κ1) is 11.0. The summed E-state index contributed by atoms with van der Waals surface area (Å²) in [5, 5.41) is 16.5. The SMILES string of the molecule is O=C(O)C1(Nc2ccn3nccc3n2)CCCC1. The molecule has 2 heterocycles. The molecule has 2 aromatic heterocycles. The van der Waals surface area contributed by atoms with E-state index in [0.717, 1.165) is 12.8 Å². The number of carboxylic acids is 1. The maximum absolute atomic E-state index is 11.4. The number of nitrogens with zero attached hydrogens (tertiary/aromatic N) is 3. The van der Waals surface area contributed by atoms with Crippen LogP contribution in [-0.2, 0) is 4.79 Å². The third kappa shape index (κ3) is 1.70. The second-order valence-corrected chi connectivity index (χ2v) is 4.67. The van der Waals surface area contributed by atoms with Gasteiger partial charge in [0.1, 0.15) is 11.4 Å². The van der Waals surface area contributed by atoms with Crippen LogP contribution in [0.3, 0.4) is 0 Å². The quantitative estimate of drug-likeness (QED) is 0.858. The number of nitrogens with one attached hydrogen (secondary N) is 1. The Hall–Kier alpha value is -2.11. The van der Waals surface area contributed by atoms with Crippen molar-refractivity contribution in [3.8, 4) is 0 Å². The Kier molecular flexibility index (Phi) is 2.43. The number of fused-ring (bicyclic) bond motifs is 1. The van der Waals surface area contributed by atoms with Crippen molar-refractivity contribution in [2.75, 3.05) is 5.32 Å². The summed E-state index contributed by atoms with van der Waals surface area (Å²) >= 11 is 0. The number of rotatable bonds is 3. The summed E-state index contributed by atoms with van der Waals surface area (Å²) < 4.78 is 1.65. The predicted molar refractivity (Wildman–Crippen MR) is 65.4 cm³/mol. The zero-order valence-corrected chi connectivity index (χ0v) is 9.83. The van der Waals surface area contributed by atoms with Gasteiger partial charge in [-0.15, -0.1) is 0 Å². The molecule has 2 aromatic rings. The van der Waals surface area contributed by atoms with E-state index in [4.69, 9.17) is 0 Å². The number of carbonyl (C=O) groups is 1. The molecule has 0 saturated heterocycles. The highest BCUT2D eigenvalue weighted by Crippen LogP contribution is 2.32. The van der Waals surface area contributed by atoms with Gasteiger partial charge in [-0.25, -0.2) is 14.3 Å². The van der Waals surface area contributed by atoms with Crippen LogP contribution in [0.1, 0.15) is 25.7 Å². The van der Waals surface area contributed by atoms with Gasteiger partial charge in [0.05, 0.1) is 6.20 Å². The van der Waals surface area contributed by atoms with Crippen LogP contribution >= 0.6 is 0 Å². The lowest BCUT2D eigenvalue weighted by molar-refractivity contribution is -0.142. The van der Waals surface area contributed by atoms with E-state index in [0.29, 0.717) is 24.3 Å². The fourth-order valence-electron chi connectivity index (χ4n) is 2.50. The van der Waals surface area contributed by atoms with Gasteiger partial charge in [0.15, 0.2) is 5.65 Å². The Labute approximate surface area is 104 Å². The lowest BCUT2D eigenvalue weighted by atomic mass is 9.98. The molecule has 1 fully saturated rings. The van der Waals surface area contributed by atoms with E-state index in [-0.39, 0.29) is 0 Å². The van der Waals surface area contributed by atoms with Gasteiger partial charge in [0, 0.05) is 12.3 Å². The van der Waals surface area contributed by atoms with Gasteiger partial charge in [-0.1, -0.05) is 12.8 Å². The Morgan fingerprint density at radius 1 is 1.39 bits per heavy atom. The van der Waals surface area contributed by atoms with Crippen molar-refractivity contribution in [1.29, 1.82) is 0 Å². The molecule has 0 bridgehead atoms. The van der Waals surface area contributed by atoms with E-state index < -0.39 is 11.5 Å². The molecule has 18 heavy (non-hydrogen) atoms. The van der Waals surface area contributed by atoms with Gasteiger partial charge in [-0.2, -0.15) is 5.10 Å². The summed E-state index contributed by atoms with van der Waals surface area (Å²) in [6.07, 6.45) is 6.61. The zero-order chi connectivity index (χ0) is 12.6. The maximum atomic E-state index is 11.4. The van der Waals surface area contributed by atoms with Crippen molar-refractivity contribution in [2.45, 2.75) is 31.2 Å². The maximum Gasteiger partial charge on any atom is 0.329 e. The molecular weight excluding hydrogens is 232 g/mol. The highest BCUT2D eigenvalue weighted by molar-refractivity contribution is 5.82. The fourth-order valence-corrected chi connectivity index (χ4v) is 2.50. The van der Waals surface area contributed by atoms with Crippen LogP contribution in [0.15, 0.2) is 24.5 Å². The summed E-state index contributed by atoms with van der Waals surface area (Å²) in [5.41, 5.74) is -0.149. The van der Waals surface area contributed by atoms with Crippen LogP contribution < -0.4 is 5.32 Å². The Morgan fingerprint density at radius 2 is 2.17 bits per heavy atom. The Bertz CT molecular complexity index is 587. The Balaban J connectivity index is 1.92. The molecule has 0 aliphatic heterocycles. The van der Waals surface area contributed by atoms with Gasteiger partial charge in [0.25, 0.3) is 0 Å². The largest absolute Gasteiger partial charge is 0.480 e. The number of anilines is 1. The summed E-state index contributed by atoms with van der Waals surface area (Å²) in [6, 6.07) is 3.54. The first-order valence-corrected chi connectivity index (χ1v) is 6.02. The molecule has 6 nitrogen and oxygen atoms in total. The minimum absolute atomic E-state index is 0.590. The molecule has 0 aromatic carbocycles. The number of hydrogen-bond donors (Lipinski definition) is 2. The summed E-state index contributed by atoms with van der Waals surface area (Å²) in [5.74, 6) is -0.206. The third-order valence-electron chi connectivity index (χ3n) is 3.49. The fraction of sp³-hybridized carbons (Fsp3) is 0.417. The number of carboxylic acid groups (broad SMARTS) is 1. The molecule has 0 amide bonds. The van der Waals surface area contributed by atoms with E-state index in [1.54, 1.807) is 29.0 Å². The molecule has 1 aliphatic rings. The summed E-state index contributed by atoms with van der Waals surface area (Å²) in [4.78, 5) is 15.8. The van der Waals surface area contributed by atoms with E-state index in [2.05, 4.69) is 15.4 Å². The van der Waals surface area contributed by atoms with E-state index in [1.165, 1.54) is 0 Å². The second kappa shape index (κ2) is 3.97. The van der Waals surface area contributed by atoms with Crippen molar-refractivity contribution in [3.05, 3.63) is 24.5 Å². The van der Waals surface area contributed by atoms with Gasteiger partial charge in [-0.05, 0) is 18.9 Å². The van der Waals surface area contributed by atoms with Crippen LogP contribution in [0.2, 0.25) is 0 Å². The minimum Gasteiger partial charge on any atom is -0.480 e. The van der Waals surface area contributed by atoms with Crippen molar-refractivity contribution >= 4 is 17.4 Å². The highest BCUT2D eigenvalue weighted by Gasteiger charge is 2.41. The summed E-state index contributed by atoms with van der Waals surface area (Å²) in [7, 11) is 0. The molecule has 0 unspecified atom stereocenters. The molecule has 0 atom stereocenters. The van der Waals surface area contributed by atoms with E-state index in [9.17, 15) is 9.90 Å². The molecule has 3 rings (SSSR count). The van der Waals surface area contributed by atoms with Crippen LogP contribution in [-0.4, -0.2) is 31.2 Å². The predicted octanol–water partition coefficient (Wildman–Crippen LogP) is 1.54. The van der Waals surface area contributed by atoms with Gasteiger partial charge >= 0.3 is 5.97 Å². The molecule has 6 heteroatoms. The van der Waals surface area contributed by atoms with Crippen molar-refractivity contribution in [3.63, 3.8) is 0 Å². The molecule has 1 aliphatic carbocycles. The van der Waals surface area contributed by atoms with E-state index >= 15 is 0 Å². The number of aliphatic carboxylic acids is 1. The van der Waals surface area contributed by atoms with Crippen LogP contribution in [0, 0.1) is 0 Å². The minimum atomic E-state index is -0.856. The molecule has 0 spiro atoms.